The number of halogens is 2. The molecule has 88 valence electrons. The van der Waals surface area contributed by atoms with Gasteiger partial charge in [0.2, 0.25) is 5.78 Å². The number of hydrogen-bond donors (Lipinski definition) is 0. The molecule has 0 aliphatic rings. The van der Waals surface area contributed by atoms with E-state index in [1.165, 1.54) is 30.6 Å². The second-order valence-electron chi connectivity index (χ2n) is 3.27. The molecule has 0 unspecified atom stereocenters. The van der Waals surface area contributed by atoms with Gasteiger partial charge < -0.3 is 4.74 Å². The highest BCUT2D eigenvalue weighted by Gasteiger charge is 2.19. The summed E-state index contributed by atoms with van der Waals surface area (Å²) >= 11 is 4.45. The molecule has 2 aromatic rings. The van der Waals surface area contributed by atoms with Gasteiger partial charge in [0.25, 0.3) is 0 Å². The van der Waals surface area contributed by atoms with Crippen molar-refractivity contribution in [2.45, 2.75) is 0 Å². The molecule has 0 aliphatic heterocycles. The molecule has 0 bridgehead atoms. The maximum Gasteiger partial charge on any atom is 0.209 e. The predicted molar refractivity (Wildman–Crippen MR) is 68.4 cm³/mol. The van der Waals surface area contributed by atoms with Gasteiger partial charge in [-0.2, -0.15) is 0 Å². The van der Waals surface area contributed by atoms with E-state index in [4.69, 9.17) is 4.74 Å². The van der Waals surface area contributed by atoms with Crippen molar-refractivity contribution in [3.05, 3.63) is 50.4 Å². The molecule has 1 heterocycles. The first-order valence-corrected chi connectivity index (χ1v) is 6.42. The summed E-state index contributed by atoms with van der Waals surface area (Å²) in [4.78, 5) is 12.5. The van der Waals surface area contributed by atoms with E-state index >= 15 is 0 Å². The minimum Gasteiger partial charge on any atom is -0.495 e. The maximum atomic E-state index is 13.6. The van der Waals surface area contributed by atoms with Gasteiger partial charge in [0.15, 0.2) is 0 Å². The molecule has 0 fully saturated rings. The van der Waals surface area contributed by atoms with E-state index < -0.39 is 5.82 Å². The average Bonchev–Trinajstić information content (AvgIpc) is 2.79. The van der Waals surface area contributed by atoms with E-state index in [1.54, 1.807) is 17.5 Å². The summed E-state index contributed by atoms with van der Waals surface area (Å²) in [5.41, 5.74) is 0.0418. The molecule has 0 aliphatic carbocycles. The summed E-state index contributed by atoms with van der Waals surface area (Å²) < 4.78 is 19.3. The Bertz CT molecular complexity index is 565. The fourth-order valence-corrected chi connectivity index (χ4v) is 2.59. The van der Waals surface area contributed by atoms with Gasteiger partial charge in [0.05, 0.1) is 12.7 Å². The van der Waals surface area contributed by atoms with Crippen molar-refractivity contribution in [3.63, 3.8) is 0 Å². The van der Waals surface area contributed by atoms with Crippen molar-refractivity contribution in [1.29, 1.82) is 0 Å². The van der Waals surface area contributed by atoms with Gasteiger partial charge in [0.1, 0.15) is 16.4 Å². The van der Waals surface area contributed by atoms with Crippen LogP contribution in [0.4, 0.5) is 4.39 Å². The number of hydrogen-bond acceptors (Lipinski definition) is 3. The molecule has 2 nitrogen and oxygen atoms in total. The van der Waals surface area contributed by atoms with Crippen LogP contribution in [0.1, 0.15) is 15.2 Å². The first-order valence-electron chi connectivity index (χ1n) is 4.74. The summed E-state index contributed by atoms with van der Waals surface area (Å²) in [5.74, 6) is -0.427. The topological polar surface area (TPSA) is 26.3 Å². The van der Waals surface area contributed by atoms with Crippen molar-refractivity contribution in [3.8, 4) is 5.75 Å². The molecule has 0 amide bonds. The zero-order valence-electron chi connectivity index (χ0n) is 8.87. The number of carbonyl (C=O) groups is 1. The lowest BCUT2D eigenvalue weighted by molar-refractivity contribution is 0.103. The Hall–Kier alpha value is -1.20. The van der Waals surface area contributed by atoms with Crippen LogP contribution in [0.5, 0.6) is 5.75 Å². The number of ether oxygens (including phenoxy) is 1. The molecular weight excluding hydrogens is 307 g/mol. The Morgan fingerprint density at radius 3 is 2.88 bits per heavy atom. The first kappa shape index (κ1) is 12.3. The molecular formula is C12H8BrFO2S. The number of thiophene rings is 1. The molecule has 0 spiro atoms. The summed E-state index contributed by atoms with van der Waals surface area (Å²) in [6.45, 7) is 0. The molecule has 1 aromatic heterocycles. The van der Waals surface area contributed by atoms with Crippen LogP contribution < -0.4 is 4.74 Å². The zero-order valence-corrected chi connectivity index (χ0v) is 11.3. The van der Waals surface area contributed by atoms with Gasteiger partial charge >= 0.3 is 0 Å². The summed E-state index contributed by atoms with van der Waals surface area (Å²) in [6.07, 6.45) is 0. The van der Waals surface area contributed by atoms with Crippen LogP contribution >= 0.6 is 27.3 Å². The molecule has 0 N–H and O–H groups in total. The van der Waals surface area contributed by atoms with E-state index in [-0.39, 0.29) is 11.3 Å². The second kappa shape index (κ2) is 4.98. The number of rotatable bonds is 3. The SMILES string of the molecule is COc1ccsc1C(=O)c1cc(Br)ccc1F. The van der Waals surface area contributed by atoms with Crippen LogP contribution in [-0.4, -0.2) is 12.9 Å². The van der Waals surface area contributed by atoms with Gasteiger partial charge in [-0.25, -0.2) is 4.39 Å². The number of ketones is 1. The molecule has 2 rings (SSSR count). The number of methoxy groups -OCH3 is 1. The monoisotopic (exact) mass is 314 g/mol. The third kappa shape index (κ3) is 2.40. The fourth-order valence-electron chi connectivity index (χ4n) is 1.42. The normalized spacial score (nSPS) is 10.3. The Morgan fingerprint density at radius 2 is 2.18 bits per heavy atom. The minimum atomic E-state index is -0.534. The maximum absolute atomic E-state index is 13.6. The lowest BCUT2D eigenvalue weighted by Crippen LogP contribution is -2.03. The molecule has 1 aromatic carbocycles. The van der Waals surface area contributed by atoms with Crippen molar-refractivity contribution >= 4 is 33.0 Å². The smallest absolute Gasteiger partial charge is 0.209 e. The number of carbonyl (C=O) groups excluding carboxylic acids is 1. The fraction of sp³-hybridized carbons (Fsp3) is 0.0833. The van der Waals surface area contributed by atoms with Crippen LogP contribution in [0, 0.1) is 5.82 Å². The van der Waals surface area contributed by atoms with E-state index in [9.17, 15) is 9.18 Å². The molecule has 17 heavy (non-hydrogen) atoms. The highest BCUT2D eigenvalue weighted by atomic mass is 79.9. The van der Waals surface area contributed by atoms with Crippen LogP contribution in [0.2, 0.25) is 0 Å². The second-order valence-corrected chi connectivity index (χ2v) is 5.10. The van der Waals surface area contributed by atoms with Crippen LogP contribution in [0.3, 0.4) is 0 Å². The highest BCUT2D eigenvalue weighted by molar-refractivity contribution is 9.10. The first-order chi connectivity index (χ1) is 8.13. The average molecular weight is 315 g/mol. The molecule has 0 saturated heterocycles. The summed E-state index contributed by atoms with van der Waals surface area (Å²) in [7, 11) is 1.48. The standard InChI is InChI=1S/C12H8BrFO2S/c1-16-10-4-5-17-12(10)11(15)8-6-7(13)2-3-9(8)14/h2-6H,1H3. The highest BCUT2D eigenvalue weighted by Crippen LogP contribution is 2.28. The van der Waals surface area contributed by atoms with Gasteiger partial charge in [-0.15, -0.1) is 11.3 Å². The van der Waals surface area contributed by atoms with E-state index in [0.717, 1.165) is 0 Å². The Labute approximate surface area is 110 Å². The van der Waals surface area contributed by atoms with E-state index in [0.29, 0.717) is 15.1 Å². The Balaban J connectivity index is 2.47. The summed E-state index contributed by atoms with van der Waals surface area (Å²) in [5, 5.41) is 1.74. The minimum absolute atomic E-state index is 0.0418. The molecule has 0 saturated carbocycles. The lowest BCUT2D eigenvalue weighted by atomic mass is 10.1. The Kier molecular flexibility index (Phi) is 3.59. The predicted octanol–water partition coefficient (Wildman–Crippen LogP) is 3.89. The van der Waals surface area contributed by atoms with Gasteiger partial charge in [-0.05, 0) is 29.6 Å². The van der Waals surface area contributed by atoms with E-state index in [1.807, 2.05) is 0 Å². The van der Waals surface area contributed by atoms with Crippen molar-refractivity contribution < 1.29 is 13.9 Å². The third-order valence-corrected chi connectivity index (χ3v) is 3.62. The van der Waals surface area contributed by atoms with Crippen LogP contribution in [0.25, 0.3) is 0 Å². The van der Waals surface area contributed by atoms with E-state index in [2.05, 4.69) is 15.9 Å². The lowest BCUT2D eigenvalue weighted by Gasteiger charge is -2.04. The van der Waals surface area contributed by atoms with Gasteiger partial charge in [0, 0.05) is 4.47 Å². The third-order valence-electron chi connectivity index (χ3n) is 2.23. The van der Waals surface area contributed by atoms with Crippen molar-refractivity contribution in [1.82, 2.24) is 0 Å². The Morgan fingerprint density at radius 1 is 1.41 bits per heavy atom. The van der Waals surface area contributed by atoms with Crippen molar-refractivity contribution in [2.75, 3.05) is 7.11 Å². The van der Waals surface area contributed by atoms with Crippen LogP contribution in [-0.2, 0) is 0 Å². The number of benzene rings is 1. The molecule has 5 heteroatoms. The quantitative estimate of drug-likeness (QED) is 0.803. The van der Waals surface area contributed by atoms with Crippen molar-refractivity contribution in [2.24, 2.45) is 0 Å². The largest absolute Gasteiger partial charge is 0.495 e. The van der Waals surface area contributed by atoms with Gasteiger partial charge in [-0.1, -0.05) is 15.9 Å². The summed E-state index contributed by atoms with van der Waals surface area (Å²) in [6, 6.07) is 5.97. The van der Waals surface area contributed by atoms with Crippen LogP contribution in [0.15, 0.2) is 34.1 Å². The van der Waals surface area contributed by atoms with Gasteiger partial charge in [-0.3, -0.25) is 4.79 Å². The zero-order chi connectivity index (χ0) is 12.4. The molecule has 0 radical (unpaired) electrons. The molecule has 0 atom stereocenters.